The first-order chi connectivity index (χ1) is 12.3. The minimum absolute atomic E-state index is 0.000376. The number of rotatable bonds is 3. The van der Waals surface area contributed by atoms with Gasteiger partial charge in [-0.1, -0.05) is 18.5 Å². The van der Waals surface area contributed by atoms with Crippen LogP contribution in [0, 0.1) is 11.7 Å². The van der Waals surface area contributed by atoms with Crippen molar-refractivity contribution in [2.45, 2.75) is 31.8 Å². The number of aromatic carboxylic acids is 1. The highest BCUT2D eigenvalue weighted by Gasteiger charge is 2.33. The maximum absolute atomic E-state index is 14.9. The lowest BCUT2D eigenvalue weighted by Crippen LogP contribution is -2.29. The van der Waals surface area contributed by atoms with Gasteiger partial charge in [0, 0.05) is 31.4 Å². The van der Waals surface area contributed by atoms with E-state index in [4.69, 9.17) is 17.3 Å². The monoisotopic (exact) mass is 379 g/mol. The number of halogens is 2. The average molecular weight is 380 g/mol. The van der Waals surface area contributed by atoms with Crippen molar-refractivity contribution >= 4 is 34.2 Å². The highest BCUT2D eigenvalue weighted by atomic mass is 35.5. The van der Waals surface area contributed by atoms with Crippen LogP contribution in [0.25, 0.3) is 10.9 Å². The summed E-state index contributed by atoms with van der Waals surface area (Å²) in [5.41, 5.74) is 5.60. The fourth-order valence-corrected chi connectivity index (χ4v) is 4.10. The Kier molecular flexibility index (Phi) is 3.96. The van der Waals surface area contributed by atoms with Crippen LogP contribution in [0.15, 0.2) is 17.1 Å². The Balaban J connectivity index is 2.00. The molecule has 2 fully saturated rings. The minimum atomic E-state index is -1.33. The Bertz CT molecular complexity index is 976. The van der Waals surface area contributed by atoms with Gasteiger partial charge >= 0.3 is 5.97 Å². The van der Waals surface area contributed by atoms with E-state index in [1.165, 1.54) is 6.20 Å². The first-order valence-electron chi connectivity index (χ1n) is 8.60. The van der Waals surface area contributed by atoms with E-state index in [9.17, 15) is 19.1 Å². The molecule has 6 nitrogen and oxygen atoms in total. The quantitative estimate of drug-likeness (QED) is 0.855. The van der Waals surface area contributed by atoms with E-state index in [0.717, 1.165) is 18.9 Å². The van der Waals surface area contributed by atoms with Crippen molar-refractivity contribution in [3.8, 4) is 0 Å². The molecule has 2 atom stereocenters. The Labute approximate surface area is 154 Å². The molecule has 1 aromatic heterocycles. The summed E-state index contributed by atoms with van der Waals surface area (Å²) in [6.45, 7) is 3.05. The smallest absolute Gasteiger partial charge is 0.341 e. The number of pyridine rings is 1. The summed E-state index contributed by atoms with van der Waals surface area (Å²) in [5, 5.41) is 9.45. The molecule has 2 aliphatic rings. The van der Waals surface area contributed by atoms with Crippen molar-refractivity contribution < 1.29 is 14.3 Å². The first-order valence-corrected chi connectivity index (χ1v) is 8.98. The van der Waals surface area contributed by atoms with Gasteiger partial charge in [0.05, 0.1) is 21.6 Å². The van der Waals surface area contributed by atoms with Crippen molar-refractivity contribution in [3.05, 3.63) is 38.9 Å². The maximum atomic E-state index is 14.9. The zero-order chi connectivity index (χ0) is 18.7. The minimum Gasteiger partial charge on any atom is -0.477 e. The number of anilines is 1. The van der Waals surface area contributed by atoms with Crippen molar-refractivity contribution in [1.29, 1.82) is 0 Å². The van der Waals surface area contributed by atoms with E-state index < -0.39 is 17.2 Å². The summed E-state index contributed by atoms with van der Waals surface area (Å²) < 4.78 is 16.6. The molecule has 8 heteroatoms. The Morgan fingerprint density at radius 2 is 2.08 bits per heavy atom. The topological polar surface area (TPSA) is 88.6 Å². The fraction of sp³-hybridized carbons (Fsp3) is 0.444. The van der Waals surface area contributed by atoms with Crippen LogP contribution in [-0.2, 0) is 0 Å². The second-order valence-electron chi connectivity index (χ2n) is 7.28. The maximum Gasteiger partial charge on any atom is 0.341 e. The normalized spacial score (nSPS) is 23.0. The molecule has 26 heavy (non-hydrogen) atoms. The van der Waals surface area contributed by atoms with Crippen LogP contribution in [0.3, 0.4) is 0 Å². The van der Waals surface area contributed by atoms with Gasteiger partial charge in [-0.2, -0.15) is 0 Å². The summed E-state index contributed by atoms with van der Waals surface area (Å²) in [6.07, 6.45) is 3.06. The lowest BCUT2D eigenvalue weighted by Gasteiger charge is -2.23. The molecule has 0 spiro atoms. The third kappa shape index (κ3) is 2.57. The summed E-state index contributed by atoms with van der Waals surface area (Å²) in [4.78, 5) is 25.8. The number of nitrogens with zero attached hydrogens (tertiary/aromatic N) is 2. The number of carbonyl (C=O) groups is 1. The SMILES string of the molecule is C[C@H]1CN(c2c(F)cc3c(=O)c(C(=O)O)cn(C4CC4)c3c2Cl)C[C@H]1N. The molecule has 3 N–H and O–H groups in total. The number of aromatic nitrogens is 1. The van der Waals surface area contributed by atoms with Crippen molar-refractivity contribution in [2.75, 3.05) is 18.0 Å². The van der Waals surface area contributed by atoms with Gasteiger partial charge in [0.15, 0.2) is 0 Å². The molecule has 1 aliphatic carbocycles. The second kappa shape index (κ2) is 5.96. The zero-order valence-electron chi connectivity index (χ0n) is 14.2. The number of hydrogen-bond donors (Lipinski definition) is 2. The third-order valence-corrected chi connectivity index (χ3v) is 5.70. The summed E-state index contributed by atoms with van der Waals surface area (Å²) in [5.74, 6) is -1.77. The summed E-state index contributed by atoms with van der Waals surface area (Å²) in [6, 6.07) is 1.10. The van der Waals surface area contributed by atoms with E-state index in [2.05, 4.69) is 0 Å². The number of carboxylic acid groups (broad SMARTS) is 1. The van der Waals surface area contributed by atoms with E-state index in [1.54, 1.807) is 9.47 Å². The van der Waals surface area contributed by atoms with Crippen LogP contribution in [0.4, 0.5) is 10.1 Å². The number of carboxylic acids is 1. The lowest BCUT2D eigenvalue weighted by molar-refractivity contribution is 0.0695. The summed E-state index contributed by atoms with van der Waals surface area (Å²) in [7, 11) is 0. The highest BCUT2D eigenvalue weighted by Crippen LogP contribution is 2.42. The van der Waals surface area contributed by atoms with Gasteiger partial charge in [-0.15, -0.1) is 0 Å². The standard InChI is InChI=1S/C18H19ClFN3O3/c1-8-5-22(7-13(8)21)16-12(20)4-10-15(14(16)19)23(9-2-3-9)6-11(17(10)24)18(25)26/h4,6,8-9,13H,2-3,5,7,21H2,1H3,(H,25,26)/t8-,13+/m0/s1. The van der Waals surface area contributed by atoms with Gasteiger partial charge in [0.1, 0.15) is 11.4 Å². The Hall–Kier alpha value is -2.12. The van der Waals surface area contributed by atoms with Gasteiger partial charge in [0.25, 0.3) is 0 Å². The lowest BCUT2D eigenvalue weighted by atomic mass is 10.1. The van der Waals surface area contributed by atoms with Crippen LogP contribution in [-0.4, -0.2) is 34.8 Å². The molecule has 138 valence electrons. The molecule has 1 aliphatic heterocycles. The average Bonchev–Trinajstić information content (AvgIpc) is 3.35. The van der Waals surface area contributed by atoms with Crippen LogP contribution in [0.5, 0.6) is 0 Å². The van der Waals surface area contributed by atoms with E-state index in [0.29, 0.717) is 18.6 Å². The zero-order valence-corrected chi connectivity index (χ0v) is 15.0. The molecule has 0 bridgehead atoms. The molecular formula is C18H19ClFN3O3. The summed E-state index contributed by atoms with van der Waals surface area (Å²) >= 11 is 6.57. The number of hydrogen-bond acceptors (Lipinski definition) is 4. The largest absolute Gasteiger partial charge is 0.477 e. The molecular weight excluding hydrogens is 361 g/mol. The molecule has 0 amide bonds. The Morgan fingerprint density at radius 1 is 1.38 bits per heavy atom. The molecule has 4 rings (SSSR count). The predicted molar refractivity (Wildman–Crippen MR) is 97.8 cm³/mol. The van der Waals surface area contributed by atoms with Crippen LogP contribution >= 0.6 is 11.6 Å². The van der Waals surface area contributed by atoms with Crippen molar-refractivity contribution in [2.24, 2.45) is 11.7 Å². The first kappa shape index (κ1) is 17.3. The number of benzene rings is 1. The molecule has 2 aromatic rings. The van der Waals surface area contributed by atoms with Gasteiger partial charge in [0.2, 0.25) is 5.43 Å². The van der Waals surface area contributed by atoms with Crippen LogP contribution in [0.2, 0.25) is 5.02 Å². The van der Waals surface area contributed by atoms with Crippen LogP contribution < -0.4 is 16.1 Å². The number of nitrogens with two attached hydrogens (primary N) is 1. The van der Waals surface area contributed by atoms with Crippen LogP contribution in [0.1, 0.15) is 36.2 Å². The fourth-order valence-electron chi connectivity index (χ4n) is 3.69. The second-order valence-corrected chi connectivity index (χ2v) is 7.66. The van der Waals surface area contributed by atoms with Gasteiger partial charge in [-0.25, -0.2) is 9.18 Å². The van der Waals surface area contributed by atoms with E-state index in [-0.39, 0.29) is 39.7 Å². The molecule has 0 radical (unpaired) electrons. The van der Waals surface area contributed by atoms with Crippen molar-refractivity contribution in [3.63, 3.8) is 0 Å². The molecule has 0 unspecified atom stereocenters. The molecule has 2 heterocycles. The molecule has 1 aromatic carbocycles. The van der Waals surface area contributed by atoms with E-state index >= 15 is 0 Å². The number of fused-ring (bicyclic) bond motifs is 1. The highest BCUT2D eigenvalue weighted by molar-refractivity contribution is 6.38. The Morgan fingerprint density at radius 3 is 2.62 bits per heavy atom. The molecule has 1 saturated heterocycles. The third-order valence-electron chi connectivity index (χ3n) is 5.34. The molecule has 1 saturated carbocycles. The van der Waals surface area contributed by atoms with E-state index in [1.807, 2.05) is 6.92 Å². The van der Waals surface area contributed by atoms with Gasteiger partial charge in [-0.05, 0) is 24.8 Å². The van der Waals surface area contributed by atoms with Crippen molar-refractivity contribution in [1.82, 2.24) is 4.57 Å². The van der Waals surface area contributed by atoms with Gasteiger partial charge in [-0.3, -0.25) is 4.79 Å². The predicted octanol–water partition coefficient (Wildman–Crippen LogP) is 2.61. The van der Waals surface area contributed by atoms with Gasteiger partial charge < -0.3 is 20.3 Å².